The van der Waals surface area contributed by atoms with E-state index in [0.29, 0.717) is 0 Å². The Kier molecular flexibility index (Phi) is 3.79. The lowest BCUT2D eigenvalue weighted by atomic mass is 9.94. The number of anilines is 2. The molecule has 0 radical (unpaired) electrons. The van der Waals surface area contributed by atoms with Crippen molar-refractivity contribution in [2.24, 2.45) is 0 Å². The maximum absolute atomic E-state index is 6.20. The second-order valence-corrected chi connectivity index (χ2v) is 4.95. The Labute approximate surface area is 115 Å². The molecule has 2 heteroatoms. The summed E-state index contributed by atoms with van der Waals surface area (Å²) in [6.45, 7) is 6.31. The highest BCUT2D eigenvalue weighted by Gasteiger charge is 2.10. The van der Waals surface area contributed by atoms with Gasteiger partial charge in [0.2, 0.25) is 0 Å². The van der Waals surface area contributed by atoms with Crippen LogP contribution in [0.2, 0.25) is 0 Å². The van der Waals surface area contributed by atoms with Crippen LogP contribution in [0.5, 0.6) is 0 Å². The van der Waals surface area contributed by atoms with Crippen molar-refractivity contribution in [3.8, 4) is 11.1 Å². The number of rotatable bonds is 3. The normalized spacial score (nSPS) is 10.7. The molecule has 0 atom stereocenters. The van der Waals surface area contributed by atoms with Crippen LogP contribution in [0.3, 0.4) is 0 Å². The molecule has 0 unspecified atom stereocenters. The Balaban J connectivity index is 2.65. The van der Waals surface area contributed by atoms with Crippen molar-refractivity contribution in [2.45, 2.75) is 33.6 Å². The zero-order valence-electron chi connectivity index (χ0n) is 12.0. The number of hydrogen-bond acceptors (Lipinski definition) is 2. The Morgan fingerprint density at radius 1 is 0.895 bits per heavy atom. The molecule has 0 amide bonds. The fourth-order valence-corrected chi connectivity index (χ4v) is 2.45. The molecule has 0 saturated carbocycles. The van der Waals surface area contributed by atoms with Gasteiger partial charge in [-0.1, -0.05) is 32.0 Å². The summed E-state index contributed by atoms with van der Waals surface area (Å²) in [5, 5.41) is 0. The minimum Gasteiger partial charge on any atom is -0.398 e. The molecule has 0 saturated heterocycles. The van der Waals surface area contributed by atoms with Crippen LogP contribution >= 0.6 is 0 Å². The molecule has 0 bridgehead atoms. The molecule has 0 aliphatic rings. The third kappa shape index (κ3) is 2.43. The highest BCUT2D eigenvalue weighted by molar-refractivity contribution is 5.80. The summed E-state index contributed by atoms with van der Waals surface area (Å²) in [6, 6.07) is 10.5. The van der Waals surface area contributed by atoms with Crippen molar-refractivity contribution in [2.75, 3.05) is 11.5 Å². The van der Waals surface area contributed by atoms with Crippen LogP contribution in [-0.4, -0.2) is 0 Å². The molecule has 4 N–H and O–H groups in total. The average Bonchev–Trinajstić information content (AvgIpc) is 2.42. The number of aryl methyl sites for hydroxylation is 3. The zero-order chi connectivity index (χ0) is 14.0. The first-order valence-corrected chi connectivity index (χ1v) is 6.85. The second kappa shape index (κ2) is 5.35. The maximum Gasteiger partial charge on any atom is 0.0423 e. The van der Waals surface area contributed by atoms with E-state index < -0.39 is 0 Å². The molecular weight excluding hydrogens is 232 g/mol. The highest BCUT2D eigenvalue weighted by atomic mass is 14.6. The van der Waals surface area contributed by atoms with Crippen LogP contribution in [0.4, 0.5) is 11.4 Å². The number of benzene rings is 2. The van der Waals surface area contributed by atoms with Crippen LogP contribution in [-0.2, 0) is 12.8 Å². The lowest BCUT2D eigenvalue weighted by Gasteiger charge is -2.14. The second-order valence-electron chi connectivity index (χ2n) is 4.95. The molecule has 0 aliphatic carbocycles. The summed E-state index contributed by atoms with van der Waals surface area (Å²) in [5.41, 5.74) is 20.0. The van der Waals surface area contributed by atoms with Crippen LogP contribution < -0.4 is 11.5 Å². The summed E-state index contributed by atoms with van der Waals surface area (Å²) < 4.78 is 0. The van der Waals surface area contributed by atoms with Crippen molar-refractivity contribution in [3.63, 3.8) is 0 Å². The Morgan fingerprint density at radius 3 is 2.00 bits per heavy atom. The molecule has 0 aliphatic heterocycles. The maximum atomic E-state index is 6.20. The number of hydrogen-bond donors (Lipinski definition) is 2. The summed E-state index contributed by atoms with van der Waals surface area (Å²) >= 11 is 0. The van der Waals surface area contributed by atoms with Gasteiger partial charge in [0, 0.05) is 16.9 Å². The molecule has 19 heavy (non-hydrogen) atoms. The van der Waals surface area contributed by atoms with Crippen LogP contribution in [0.15, 0.2) is 30.3 Å². The van der Waals surface area contributed by atoms with Crippen molar-refractivity contribution >= 4 is 11.4 Å². The van der Waals surface area contributed by atoms with Gasteiger partial charge >= 0.3 is 0 Å². The molecule has 0 fully saturated rings. The van der Waals surface area contributed by atoms with E-state index in [0.717, 1.165) is 35.3 Å². The van der Waals surface area contributed by atoms with Gasteiger partial charge in [-0.3, -0.25) is 0 Å². The minimum atomic E-state index is 0.858. The predicted octanol–water partition coefficient (Wildman–Crippen LogP) is 3.95. The van der Waals surface area contributed by atoms with E-state index in [4.69, 9.17) is 11.5 Å². The largest absolute Gasteiger partial charge is 0.398 e. The third-order valence-electron chi connectivity index (χ3n) is 3.75. The summed E-state index contributed by atoms with van der Waals surface area (Å²) in [4.78, 5) is 0. The van der Waals surface area contributed by atoms with E-state index in [2.05, 4.69) is 38.1 Å². The van der Waals surface area contributed by atoms with E-state index in [-0.39, 0.29) is 0 Å². The van der Waals surface area contributed by atoms with Crippen LogP contribution in [0.1, 0.15) is 30.5 Å². The van der Waals surface area contributed by atoms with Crippen molar-refractivity contribution in [3.05, 3.63) is 47.0 Å². The molecule has 2 aromatic rings. The van der Waals surface area contributed by atoms with Gasteiger partial charge in [0.1, 0.15) is 0 Å². The molecule has 2 nitrogen and oxygen atoms in total. The van der Waals surface area contributed by atoms with E-state index in [1.54, 1.807) is 0 Å². The van der Waals surface area contributed by atoms with E-state index in [1.807, 2.05) is 13.0 Å². The summed E-state index contributed by atoms with van der Waals surface area (Å²) in [7, 11) is 0. The molecule has 100 valence electrons. The first kappa shape index (κ1) is 13.5. The lowest BCUT2D eigenvalue weighted by Crippen LogP contribution is -2.01. The van der Waals surface area contributed by atoms with Gasteiger partial charge in [-0.25, -0.2) is 0 Å². The van der Waals surface area contributed by atoms with Crippen LogP contribution in [0.25, 0.3) is 11.1 Å². The lowest BCUT2D eigenvalue weighted by molar-refractivity contribution is 1.10. The fourth-order valence-electron chi connectivity index (χ4n) is 2.45. The molecule has 2 aromatic carbocycles. The number of nitrogen functional groups attached to an aromatic ring is 2. The Hall–Kier alpha value is -1.96. The smallest absolute Gasteiger partial charge is 0.0423 e. The average molecular weight is 254 g/mol. The van der Waals surface area contributed by atoms with Gasteiger partial charge in [-0.05, 0) is 54.2 Å². The molecule has 0 spiro atoms. The first-order valence-electron chi connectivity index (χ1n) is 6.85. The van der Waals surface area contributed by atoms with Crippen LogP contribution in [0, 0.1) is 6.92 Å². The van der Waals surface area contributed by atoms with Crippen molar-refractivity contribution in [1.29, 1.82) is 0 Å². The summed E-state index contributed by atoms with van der Waals surface area (Å²) in [6.07, 6.45) is 1.89. The SMILES string of the molecule is CCc1cc(-c2cccc(C)c2N)cc(CC)c1N. The Morgan fingerprint density at radius 2 is 1.47 bits per heavy atom. The third-order valence-corrected chi connectivity index (χ3v) is 3.75. The van der Waals surface area contributed by atoms with Gasteiger partial charge < -0.3 is 11.5 Å². The van der Waals surface area contributed by atoms with E-state index >= 15 is 0 Å². The molecule has 0 aromatic heterocycles. The highest BCUT2D eigenvalue weighted by Crippen LogP contribution is 2.32. The van der Waals surface area contributed by atoms with E-state index in [9.17, 15) is 0 Å². The predicted molar refractivity (Wildman–Crippen MR) is 84.2 cm³/mol. The van der Waals surface area contributed by atoms with Gasteiger partial charge in [-0.15, -0.1) is 0 Å². The topological polar surface area (TPSA) is 52.0 Å². The fraction of sp³-hybridized carbons (Fsp3) is 0.294. The van der Waals surface area contributed by atoms with Gasteiger partial charge in [0.25, 0.3) is 0 Å². The van der Waals surface area contributed by atoms with Gasteiger partial charge in [0.15, 0.2) is 0 Å². The van der Waals surface area contributed by atoms with Gasteiger partial charge in [0.05, 0.1) is 0 Å². The summed E-state index contributed by atoms with van der Waals surface area (Å²) in [5.74, 6) is 0. The molecule has 2 rings (SSSR count). The Bertz CT molecular complexity index is 575. The molecular formula is C17H22N2. The number of para-hydroxylation sites is 1. The van der Waals surface area contributed by atoms with Gasteiger partial charge in [-0.2, -0.15) is 0 Å². The minimum absolute atomic E-state index is 0.858. The van der Waals surface area contributed by atoms with Crippen molar-refractivity contribution in [1.82, 2.24) is 0 Å². The standard InChI is InChI=1S/C17H22N2/c1-4-12-9-14(10-13(5-2)17(12)19)15-8-6-7-11(3)16(15)18/h6-10H,4-5,18-19H2,1-3H3. The molecule has 0 heterocycles. The quantitative estimate of drug-likeness (QED) is 0.815. The first-order chi connectivity index (χ1) is 9.08. The van der Waals surface area contributed by atoms with E-state index in [1.165, 1.54) is 16.7 Å². The van der Waals surface area contributed by atoms with Crippen molar-refractivity contribution < 1.29 is 0 Å². The zero-order valence-corrected chi connectivity index (χ0v) is 12.0. The number of nitrogens with two attached hydrogens (primary N) is 2. The monoisotopic (exact) mass is 254 g/mol.